The maximum Gasteiger partial charge on any atom is 0.234 e. The molecule has 0 saturated carbocycles. The molecule has 0 bridgehead atoms. The average molecular weight is 389 g/mol. The monoisotopic (exact) mass is 388 g/mol. The van der Waals surface area contributed by atoms with Gasteiger partial charge in [-0.3, -0.25) is 9.89 Å². The third-order valence-electron chi connectivity index (χ3n) is 3.37. The Morgan fingerprint density at radius 3 is 2.77 bits per heavy atom. The topological polar surface area (TPSA) is 79.9 Å². The van der Waals surface area contributed by atoms with Crippen molar-refractivity contribution in [3.8, 4) is 17.1 Å². The molecule has 0 radical (unpaired) electrons. The third kappa shape index (κ3) is 4.77. The summed E-state index contributed by atoms with van der Waals surface area (Å²) in [6, 6.07) is 14.6. The van der Waals surface area contributed by atoms with Crippen LogP contribution in [-0.4, -0.2) is 33.4 Å². The first kappa shape index (κ1) is 18.3. The van der Waals surface area contributed by atoms with Gasteiger partial charge in [0.1, 0.15) is 5.75 Å². The molecule has 26 heavy (non-hydrogen) atoms. The number of para-hydroxylation sites is 1. The maximum atomic E-state index is 12.0. The molecule has 0 aliphatic heterocycles. The normalized spacial score (nSPS) is 10.5. The Balaban J connectivity index is 1.60. The van der Waals surface area contributed by atoms with Crippen LogP contribution in [0.15, 0.2) is 53.7 Å². The molecular formula is C18H17ClN4O2S. The minimum Gasteiger partial charge on any atom is -0.493 e. The summed E-state index contributed by atoms with van der Waals surface area (Å²) in [5.74, 6) is 1.41. The zero-order chi connectivity index (χ0) is 18.4. The van der Waals surface area contributed by atoms with E-state index in [0.717, 1.165) is 11.3 Å². The lowest BCUT2D eigenvalue weighted by molar-refractivity contribution is -0.113. The lowest BCUT2D eigenvalue weighted by Gasteiger charge is -2.06. The highest BCUT2D eigenvalue weighted by molar-refractivity contribution is 7.99. The predicted molar refractivity (Wildman–Crippen MR) is 104 cm³/mol. The number of aromatic amines is 1. The fourth-order valence-electron chi connectivity index (χ4n) is 2.24. The van der Waals surface area contributed by atoms with E-state index in [-0.39, 0.29) is 11.7 Å². The van der Waals surface area contributed by atoms with Crippen molar-refractivity contribution in [2.75, 3.05) is 17.7 Å². The van der Waals surface area contributed by atoms with E-state index in [1.165, 1.54) is 11.8 Å². The highest BCUT2D eigenvalue weighted by atomic mass is 35.5. The van der Waals surface area contributed by atoms with Crippen LogP contribution in [0.4, 0.5) is 5.69 Å². The molecule has 2 N–H and O–H groups in total. The van der Waals surface area contributed by atoms with E-state index in [1.54, 1.807) is 24.3 Å². The summed E-state index contributed by atoms with van der Waals surface area (Å²) < 4.78 is 5.61. The van der Waals surface area contributed by atoms with Gasteiger partial charge in [0.25, 0.3) is 0 Å². The number of carbonyl (C=O) groups excluding carboxylic acids is 1. The van der Waals surface area contributed by atoms with E-state index in [1.807, 2.05) is 31.2 Å². The van der Waals surface area contributed by atoms with Crippen LogP contribution in [0.1, 0.15) is 6.92 Å². The number of benzene rings is 2. The van der Waals surface area contributed by atoms with E-state index in [2.05, 4.69) is 20.5 Å². The zero-order valence-electron chi connectivity index (χ0n) is 14.0. The van der Waals surface area contributed by atoms with Crippen LogP contribution in [0.25, 0.3) is 11.4 Å². The molecule has 134 valence electrons. The van der Waals surface area contributed by atoms with E-state index >= 15 is 0 Å². The average Bonchev–Trinajstić information content (AvgIpc) is 3.12. The summed E-state index contributed by atoms with van der Waals surface area (Å²) in [6.45, 7) is 2.50. The number of thioether (sulfide) groups is 1. The van der Waals surface area contributed by atoms with Crippen molar-refractivity contribution in [2.45, 2.75) is 12.1 Å². The summed E-state index contributed by atoms with van der Waals surface area (Å²) >= 11 is 7.08. The van der Waals surface area contributed by atoms with Crippen LogP contribution < -0.4 is 10.1 Å². The van der Waals surface area contributed by atoms with Gasteiger partial charge in [0.2, 0.25) is 11.1 Å². The number of amides is 1. The number of hydrogen-bond donors (Lipinski definition) is 2. The summed E-state index contributed by atoms with van der Waals surface area (Å²) in [4.78, 5) is 16.5. The van der Waals surface area contributed by atoms with Gasteiger partial charge < -0.3 is 10.1 Å². The number of carbonyl (C=O) groups is 1. The van der Waals surface area contributed by atoms with Crippen molar-refractivity contribution in [2.24, 2.45) is 0 Å². The number of rotatable bonds is 7. The molecule has 0 spiro atoms. The van der Waals surface area contributed by atoms with Gasteiger partial charge in [-0.1, -0.05) is 35.5 Å². The number of aromatic nitrogens is 3. The van der Waals surface area contributed by atoms with Crippen molar-refractivity contribution in [3.05, 3.63) is 53.6 Å². The summed E-state index contributed by atoms with van der Waals surface area (Å²) in [7, 11) is 0. The van der Waals surface area contributed by atoms with Gasteiger partial charge in [-0.15, -0.1) is 5.10 Å². The van der Waals surface area contributed by atoms with Crippen LogP contribution in [0, 0.1) is 0 Å². The second kappa shape index (κ2) is 8.73. The molecule has 6 nitrogen and oxygen atoms in total. The molecule has 0 aliphatic carbocycles. The van der Waals surface area contributed by atoms with Crippen molar-refractivity contribution in [3.63, 3.8) is 0 Å². The Hall–Kier alpha value is -2.51. The lowest BCUT2D eigenvalue weighted by Crippen LogP contribution is -2.13. The second-order valence-electron chi connectivity index (χ2n) is 5.24. The molecule has 1 aromatic heterocycles. The van der Waals surface area contributed by atoms with E-state index in [4.69, 9.17) is 16.3 Å². The van der Waals surface area contributed by atoms with Crippen LogP contribution in [0.3, 0.4) is 0 Å². The molecule has 1 amide bonds. The molecule has 0 atom stereocenters. The second-order valence-corrected chi connectivity index (χ2v) is 6.62. The number of ether oxygens (including phenoxy) is 1. The van der Waals surface area contributed by atoms with Crippen LogP contribution in [-0.2, 0) is 4.79 Å². The number of hydrogen-bond acceptors (Lipinski definition) is 5. The Morgan fingerprint density at radius 1 is 1.23 bits per heavy atom. The van der Waals surface area contributed by atoms with E-state index < -0.39 is 0 Å². The Morgan fingerprint density at radius 2 is 2.00 bits per heavy atom. The molecule has 1 heterocycles. The molecule has 0 aliphatic rings. The number of nitrogens with zero attached hydrogens (tertiary/aromatic N) is 2. The highest BCUT2D eigenvalue weighted by Gasteiger charge is 2.12. The molecule has 8 heteroatoms. The zero-order valence-corrected chi connectivity index (χ0v) is 15.6. The molecule has 3 rings (SSSR count). The molecule has 0 unspecified atom stereocenters. The van der Waals surface area contributed by atoms with Crippen molar-refractivity contribution < 1.29 is 9.53 Å². The Bertz CT molecular complexity index is 883. The third-order valence-corrected chi connectivity index (χ3v) is 4.47. The summed E-state index contributed by atoms with van der Waals surface area (Å²) in [5, 5.41) is 11.0. The summed E-state index contributed by atoms with van der Waals surface area (Å²) in [5.41, 5.74) is 1.53. The lowest BCUT2D eigenvalue weighted by atomic mass is 10.2. The van der Waals surface area contributed by atoms with Gasteiger partial charge in [-0.2, -0.15) is 0 Å². The Kier molecular flexibility index (Phi) is 6.14. The van der Waals surface area contributed by atoms with Gasteiger partial charge >= 0.3 is 0 Å². The van der Waals surface area contributed by atoms with E-state index in [0.29, 0.717) is 28.3 Å². The largest absolute Gasteiger partial charge is 0.493 e. The highest BCUT2D eigenvalue weighted by Crippen LogP contribution is 2.28. The number of nitrogens with one attached hydrogen (secondary N) is 2. The summed E-state index contributed by atoms with van der Waals surface area (Å²) in [6.07, 6.45) is 0. The fourth-order valence-corrected chi connectivity index (χ4v) is 2.96. The van der Waals surface area contributed by atoms with Crippen LogP contribution >= 0.6 is 23.4 Å². The quantitative estimate of drug-likeness (QED) is 0.591. The first-order chi connectivity index (χ1) is 12.7. The molecule has 3 aromatic rings. The standard InChI is InChI=1S/C18H17ClN4O2S/c1-2-25-15-6-4-3-5-14(15)17-21-18(23-22-17)26-11-16(24)20-13-9-7-12(19)8-10-13/h3-10H,2,11H2,1H3,(H,20,24)(H,21,22,23). The van der Waals surface area contributed by atoms with Gasteiger partial charge in [-0.05, 0) is 43.3 Å². The Labute approximate surface area is 160 Å². The van der Waals surface area contributed by atoms with Crippen molar-refractivity contribution in [1.82, 2.24) is 15.2 Å². The molecular weight excluding hydrogens is 372 g/mol. The molecule has 2 aromatic carbocycles. The number of anilines is 1. The number of halogens is 1. The molecule has 0 saturated heterocycles. The smallest absolute Gasteiger partial charge is 0.234 e. The van der Waals surface area contributed by atoms with Gasteiger partial charge in [-0.25, -0.2) is 4.98 Å². The van der Waals surface area contributed by atoms with Gasteiger partial charge in [0.15, 0.2) is 5.82 Å². The minimum absolute atomic E-state index is 0.140. The van der Waals surface area contributed by atoms with Crippen molar-refractivity contribution >= 4 is 35.0 Å². The fraction of sp³-hybridized carbons (Fsp3) is 0.167. The van der Waals surface area contributed by atoms with Gasteiger partial charge in [0, 0.05) is 10.7 Å². The molecule has 0 fully saturated rings. The minimum atomic E-state index is -0.140. The first-order valence-corrected chi connectivity index (χ1v) is 9.35. The first-order valence-electron chi connectivity index (χ1n) is 7.98. The SMILES string of the molecule is CCOc1ccccc1-c1nc(SCC(=O)Nc2ccc(Cl)cc2)n[nH]1. The van der Waals surface area contributed by atoms with Crippen molar-refractivity contribution in [1.29, 1.82) is 0 Å². The maximum absolute atomic E-state index is 12.0. The van der Waals surface area contributed by atoms with Crippen LogP contribution in [0.2, 0.25) is 5.02 Å². The van der Waals surface area contributed by atoms with E-state index in [9.17, 15) is 4.79 Å². The van der Waals surface area contributed by atoms with Gasteiger partial charge in [0.05, 0.1) is 17.9 Å². The predicted octanol–water partition coefficient (Wildman–Crippen LogP) is 4.25. The number of H-pyrrole nitrogens is 1. The van der Waals surface area contributed by atoms with Crippen LogP contribution in [0.5, 0.6) is 5.75 Å².